The van der Waals surface area contributed by atoms with E-state index in [0.29, 0.717) is 40.3 Å². The highest BCUT2D eigenvalue weighted by molar-refractivity contribution is 6.23. The summed E-state index contributed by atoms with van der Waals surface area (Å²) in [6.07, 6.45) is 0.693. The predicted octanol–water partition coefficient (Wildman–Crippen LogP) is 3.78. The van der Waals surface area contributed by atoms with Crippen molar-refractivity contribution in [3.05, 3.63) is 94.5 Å². The number of fused-ring (bicyclic) bond motifs is 8. The molecule has 0 unspecified atom stereocenters. The average Bonchev–Trinajstić information content (AvgIpc) is 3.51. The van der Waals surface area contributed by atoms with E-state index in [1.54, 1.807) is 42.0 Å². The number of imide groups is 1. The van der Waals surface area contributed by atoms with Gasteiger partial charge in [0, 0.05) is 11.6 Å². The van der Waals surface area contributed by atoms with Crippen molar-refractivity contribution in [2.24, 2.45) is 17.8 Å². The summed E-state index contributed by atoms with van der Waals surface area (Å²) in [7, 11) is 1.57. The number of nitrogens with zero attached hydrogens (tertiary/aromatic N) is 3. The Morgan fingerprint density at radius 1 is 0.949 bits per heavy atom. The van der Waals surface area contributed by atoms with E-state index >= 15 is 0 Å². The van der Waals surface area contributed by atoms with Crippen molar-refractivity contribution >= 4 is 28.4 Å². The molecule has 3 aliphatic rings. The molecule has 0 radical (unpaired) electrons. The van der Waals surface area contributed by atoms with Crippen LogP contribution in [0.5, 0.6) is 5.75 Å². The zero-order chi connectivity index (χ0) is 27.1. The number of methoxy groups -OCH3 is 1. The molecule has 7 rings (SSSR count). The zero-order valence-corrected chi connectivity index (χ0v) is 21.9. The Balaban J connectivity index is 1.49. The number of nitrogens with one attached hydrogen (secondary N) is 1. The van der Waals surface area contributed by atoms with E-state index in [9.17, 15) is 14.4 Å². The number of anilines is 1. The van der Waals surface area contributed by atoms with Gasteiger partial charge in [-0.2, -0.15) is 0 Å². The molecule has 196 valence electrons. The van der Waals surface area contributed by atoms with Gasteiger partial charge in [0.05, 0.1) is 41.2 Å². The number of para-hydroxylation sites is 2. The number of aromatic nitrogens is 2. The van der Waals surface area contributed by atoms with Crippen molar-refractivity contribution in [3.63, 3.8) is 0 Å². The van der Waals surface area contributed by atoms with Crippen molar-refractivity contribution < 1.29 is 14.3 Å². The molecule has 3 aromatic carbocycles. The number of hydrogen-bond donors (Lipinski definition) is 1. The minimum absolute atomic E-state index is 0.186. The van der Waals surface area contributed by atoms with Crippen LogP contribution in [0.15, 0.2) is 77.6 Å². The number of hydrogen-bond acceptors (Lipinski definition) is 6. The lowest BCUT2D eigenvalue weighted by atomic mass is 9.75. The number of carbonyl (C=O) groups excluding carboxylic acids is 2. The zero-order valence-electron chi connectivity index (χ0n) is 21.9. The minimum Gasteiger partial charge on any atom is -0.497 e. The summed E-state index contributed by atoms with van der Waals surface area (Å²) >= 11 is 0. The summed E-state index contributed by atoms with van der Waals surface area (Å²) in [4.78, 5) is 48.8. The second-order valence-corrected chi connectivity index (χ2v) is 11.0. The molecule has 0 bridgehead atoms. The lowest BCUT2D eigenvalue weighted by Gasteiger charge is -2.32. The van der Waals surface area contributed by atoms with Crippen LogP contribution in [-0.2, 0) is 15.1 Å². The summed E-state index contributed by atoms with van der Waals surface area (Å²) in [6.45, 7) is 4.22. The Labute approximate surface area is 225 Å². The fraction of sp³-hybridized carbons (Fsp3) is 0.290. The van der Waals surface area contributed by atoms with Gasteiger partial charge in [-0.25, -0.2) is 9.88 Å². The van der Waals surface area contributed by atoms with Gasteiger partial charge in [0.25, 0.3) is 5.56 Å². The molecule has 1 aromatic heterocycles. The SMILES string of the molecule is COc1ccc(N2C(=O)[C@H]3[C@H](CC(C)C)N[C@]4(c5ccccc5-n5c4nc4ccccc4c5=O)[C@H]3C2=O)cc1. The molecule has 4 aromatic rings. The highest BCUT2D eigenvalue weighted by atomic mass is 16.5. The summed E-state index contributed by atoms with van der Waals surface area (Å²) in [5.41, 5.74) is 1.25. The van der Waals surface area contributed by atoms with Crippen LogP contribution in [0.25, 0.3) is 16.6 Å². The molecule has 2 amide bonds. The smallest absolute Gasteiger partial charge is 0.266 e. The van der Waals surface area contributed by atoms with Gasteiger partial charge in [-0.05, 0) is 54.8 Å². The van der Waals surface area contributed by atoms with Gasteiger partial charge in [-0.15, -0.1) is 0 Å². The molecule has 8 nitrogen and oxygen atoms in total. The Bertz CT molecular complexity index is 1730. The molecule has 4 atom stereocenters. The topological polar surface area (TPSA) is 93.5 Å². The quantitative estimate of drug-likeness (QED) is 0.412. The van der Waals surface area contributed by atoms with E-state index in [1.165, 1.54) is 4.90 Å². The Kier molecular flexibility index (Phi) is 5.09. The van der Waals surface area contributed by atoms with Gasteiger partial charge >= 0.3 is 0 Å². The summed E-state index contributed by atoms with van der Waals surface area (Å²) in [6, 6.07) is 21.6. The minimum atomic E-state index is -1.13. The number of carbonyl (C=O) groups is 2. The monoisotopic (exact) mass is 520 g/mol. The van der Waals surface area contributed by atoms with Crippen LogP contribution in [0.2, 0.25) is 0 Å². The third kappa shape index (κ3) is 3.09. The van der Waals surface area contributed by atoms with Gasteiger partial charge < -0.3 is 4.74 Å². The number of benzene rings is 3. The van der Waals surface area contributed by atoms with Crippen LogP contribution < -0.4 is 20.5 Å². The fourth-order valence-corrected chi connectivity index (χ4v) is 6.92. The molecule has 3 aliphatic heterocycles. The van der Waals surface area contributed by atoms with Gasteiger partial charge in [0.1, 0.15) is 17.1 Å². The fourth-order valence-electron chi connectivity index (χ4n) is 6.92. The molecule has 4 heterocycles. The molecule has 2 fully saturated rings. The molecule has 1 spiro atoms. The molecule has 0 aliphatic carbocycles. The Morgan fingerprint density at radius 2 is 1.67 bits per heavy atom. The maximum Gasteiger partial charge on any atom is 0.266 e. The standard InChI is InChI=1S/C31H28N4O4/c1-17(2)16-23-25-26(29(38)34(28(25)37)18-12-14-19(39-3)15-13-18)31(33-23)21-9-5-7-11-24(21)35-27(36)20-8-4-6-10-22(20)32-30(31)35/h4-15,17,23,25-26,33H,16H2,1-3H3/t23-,25-,26+,31+/m0/s1. The highest BCUT2D eigenvalue weighted by Crippen LogP contribution is 2.56. The molecule has 39 heavy (non-hydrogen) atoms. The van der Waals surface area contributed by atoms with Gasteiger partial charge in [-0.3, -0.25) is 24.3 Å². The average molecular weight is 521 g/mol. The Morgan fingerprint density at radius 3 is 2.41 bits per heavy atom. The van der Waals surface area contributed by atoms with Crippen LogP contribution in [-0.4, -0.2) is 34.5 Å². The second kappa shape index (κ2) is 8.35. The molecule has 8 heteroatoms. The third-order valence-electron chi connectivity index (χ3n) is 8.42. The Hall–Kier alpha value is -4.30. The van der Waals surface area contributed by atoms with Crippen LogP contribution >= 0.6 is 0 Å². The van der Waals surface area contributed by atoms with E-state index in [0.717, 1.165) is 5.56 Å². The van der Waals surface area contributed by atoms with Crippen molar-refractivity contribution in [3.8, 4) is 11.4 Å². The molecule has 2 saturated heterocycles. The van der Waals surface area contributed by atoms with Crippen molar-refractivity contribution in [2.75, 3.05) is 12.0 Å². The molecule has 0 saturated carbocycles. The first-order valence-corrected chi connectivity index (χ1v) is 13.3. The summed E-state index contributed by atoms with van der Waals surface area (Å²) in [5.74, 6) is -0.512. The van der Waals surface area contributed by atoms with Crippen molar-refractivity contribution in [1.29, 1.82) is 0 Å². The third-order valence-corrected chi connectivity index (χ3v) is 8.42. The number of amides is 2. The van der Waals surface area contributed by atoms with Crippen LogP contribution in [0, 0.1) is 17.8 Å². The van der Waals surface area contributed by atoms with E-state index in [-0.39, 0.29) is 29.3 Å². The van der Waals surface area contributed by atoms with E-state index < -0.39 is 17.4 Å². The first-order valence-electron chi connectivity index (χ1n) is 13.3. The van der Waals surface area contributed by atoms with Gasteiger partial charge in [0.15, 0.2) is 0 Å². The molecular formula is C31H28N4O4. The predicted molar refractivity (Wildman–Crippen MR) is 147 cm³/mol. The van der Waals surface area contributed by atoms with Gasteiger partial charge in [0.2, 0.25) is 11.8 Å². The van der Waals surface area contributed by atoms with Crippen molar-refractivity contribution in [2.45, 2.75) is 31.8 Å². The number of ether oxygens (including phenoxy) is 1. The maximum absolute atomic E-state index is 14.4. The first kappa shape index (κ1) is 23.8. The maximum atomic E-state index is 14.4. The van der Waals surface area contributed by atoms with Crippen LogP contribution in [0.1, 0.15) is 31.7 Å². The van der Waals surface area contributed by atoms with E-state index in [1.807, 2.05) is 42.5 Å². The lowest BCUT2D eigenvalue weighted by molar-refractivity contribution is -0.123. The van der Waals surface area contributed by atoms with E-state index in [2.05, 4.69) is 19.2 Å². The lowest BCUT2D eigenvalue weighted by Crippen LogP contribution is -2.50. The van der Waals surface area contributed by atoms with E-state index in [4.69, 9.17) is 9.72 Å². The number of rotatable bonds is 4. The van der Waals surface area contributed by atoms with Crippen molar-refractivity contribution in [1.82, 2.24) is 14.9 Å². The normalized spacial score (nSPS) is 25.0. The summed E-state index contributed by atoms with van der Waals surface area (Å²) in [5, 5.41) is 4.25. The molecular weight excluding hydrogens is 492 g/mol. The second-order valence-electron chi connectivity index (χ2n) is 11.0. The largest absolute Gasteiger partial charge is 0.497 e. The van der Waals surface area contributed by atoms with Crippen LogP contribution in [0.4, 0.5) is 5.69 Å². The van der Waals surface area contributed by atoms with Crippen LogP contribution in [0.3, 0.4) is 0 Å². The first-order chi connectivity index (χ1) is 18.9. The summed E-state index contributed by atoms with van der Waals surface area (Å²) < 4.78 is 6.91. The molecule has 1 N–H and O–H groups in total. The van der Waals surface area contributed by atoms with Gasteiger partial charge in [-0.1, -0.05) is 44.2 Å². The highest BCUT2D eigenvalue weighted by Gasteiger charge is 2.69.